The van der Waals surface area contributed by atoms with Crippen molar-refractivity contribution in [1.29, 1.82) is 0 Å². The highest BCUT2D eigenvalue weighted by Crippen LogP contribution is 2.18. The number of nitrogens with one attached hydrogen (secondary N) is 1. The summed E-state index contributed by atoms with van der Waals surface area (Å²) in [5, 5.41) is 3.59. The van der Waals surface area contributed by atoms with Gasteiger partial charge in [0, 0.05) is 18.6 Å². The molecule has 106 valence electrons. The van der Waals surface area contributed by atoms with Crippen LogP contribution in [0.2, 0.25) is 0 Å². The molecule has 1 heterocycles. The Kier molecular flexibility index (Phi) is 5.93. The van der Waals surface area contributed by atoms with Gasteiger partial charge >= 0.3 is 0 Å². The third kappa shape index (κ3) is 5.25. The van der Waals surface area contributed by atoms with Gasteiger partial charge < -0.3 is 15.1 Å². The second-order valence-corrected chi connectivity index (χ2v) is 6.35. The first-order valence-corrected chi connectivity index (χ1v) is 7.88. The average Bonchev–Trinajstić information content (AvgIpc) is 3.04. The molecule has 0 aromatic rings. The van der Waals surface area contributed by atoms with Crippen LogP contribution in [0, 0.1) is 0 Å². The fourth-order valence-corrected chi connectivity index (χ4v) is 2.84. The lowest BCUT2D eigenvalue weighted by molar-refractivity contribution is 0.265. The molecule has 0 spiro atoms. The van der Waals surface area contributed by atoms with Crippen LogP contribution in [0.25, 0.3) is 0 Å². The van der Waals surface area contributed by atoms with Crippen LogP contribution in [0.15, 0.2) is 0 Å². The number of hydrogen-bond acceptors (Lipinski definition) is 3. The molecular weight excluding hydrogens is 222 g/mol. The van der Waals surface area contributed by atoms with Gasteiger partial charge in [-0.25, -0.2) is 0 Å². The normalized spacial score (nSPS) is 25.2. The molecule has 1 unspecified atom stereocenters. The maximum Gasteiger partial charge on any atom is 0.0229 e. The van der Waals surface area contributed by atoms with Crippen molar-refractivity contribution in [2.45, 2.75) is 57.0 Å². The highest BCUT2D eigenvalue weighted by atomic mass is 15.2. The minimum atomic E-state index is 0.799. The van der Waals surface area contributed by atoms with Gasteiger partial charge in [-0.1, -0.05) is 12.8 Å². The summed E-state index contributed by atoms with van der Waals surface area (Å²) in [5.74, 6) is 0. The molecule has 18 heavy (non-hydrogen) atoms. The molecule has 0 aromatic heterocycles. The number of rotatable bonds is 9. The number of likely N-dealkylation sites (tertiary alicyclic amines) is 1. The second-order valence-electron chi connectivity index (χ2n) is 6.35. The van der Waals surface area contributed by atoms with E-state index in [4.69, 9.17) is 0 Å². The molecule has 2 fully saturated rings. The Hall–Kier alpha value is -0.120. The summed E-state index contributed by atoms with van der Waals surface area (Å²) in [6, 6.07) is 1.69. The van der Waals surface area contributed by atoms with Crippen molar-refractivity contribution in [3.8, 4) is 0 Å². The van der Waals surface area contributed by atoms with E-state index in [2.05, 4.69) is 29.2 Å². The summed E-state index contributed by atoms with van der Waals surface area (Å²) in [6.07, 6.45) is 9.78. The van der Waals surface area contributed by atoms with E-state index in [1.807, 2.05) is 0 Å². The highest BCUT2D eigenvalue weighted by molar-refractivity contribution is 4.81. The lowest BCUT2D eigenvalue weighted by Gasteiger charge is -2.20. The van der Waals surface area contributed by atoms with Crippen LogP contribution in [-0.4, -0.2) is 62.2 Å². The molecule has 3 nitrogen and oxygen atoms in total. The van der Waals surface area contributed by atoms with Gasteiger partial charge in [0.2, 0.25) is 0 Å². The van der Waals surface area contributed by atoms with Gasteiger partial charge in [-0.2, -0.15) is 0 Å². The Morgan fingerprint density at radius 2 is 1.83 bits per heavy atom. The van der Waals surface area contributed by atoms with E-state index in [1.54, 1.807) is 0 Å². The number of nitrogens with zero attached hydrogens (tertiary/aromatic N) is 2. The van der Waals surface area contributed by atoms with E-state index in [-0.39, 0.29) is 0 Å². The van der Waals surface area contributed by atoms with E-state index in [9.17, 15) is 0 Å². The molecular formula is C15H31N3. The maximum absolute atomic E-state index is 3.59. The first-order chi connectivity index (χ1) is 8.75. The maximum atomic E-state index is 3.59. The van der Waals surface area contributed by atoms with Gasteiger partial charge in [0.1, 0.15) is 0 Å². The standard InChI is InChI=1S/C15H31N3/c1-17(2)15-9-12-18(13-15)11-6-4-3-5-10-16-14-7-8-14/h14-16H,3-13H2,1-2H3. The van der Waals surface area contributed by atoms with Crippen LogP contribution in [0.5, 0.6) is 0 Å². The van der Waals surface area contributed by atoms with Crippen LogP contribution >= 0.6 is 0 Å². The predicted molar refractivity (Wildman–Crippen MR) is 78.0 cm³/mol. The van der Waals surface area contributed by atoms with Gasteiger partial charge in [0.15, 0.2) is 0 Å². The van der Waals surface area contributed by atoms with Crippen molar-refractivity contribution in [2.75, 3.05) is 40.3 Å². The van der Waals surface area contributed by atoms with Gasteiger partial charge in [-0.05, 0) is 65.8 Å². The van der Waals surface area contributed by atoms with E-state index in [0.29, 0.717) is 0 Å². The summed E-state index contributed by atoms with van der Waals surface area (Å²) in [7, 11) is 4.42. The van der Waals surface area contributed by atoms with Crippen molar-refractivity contribution >= 4 is 0 Å². The molecule has 1 N–H and O–H groups in total. The first-order valence-electron chi connectivity index (χ1n) is 7.88. The van der Waals surface area contributed by atoms with Gasteiger partial charge in [0.05, 0.1) is 0 Å². The molecule has 1 aliphatic carbocycles. The van der Waals surface area contributed by atoms with Crippen molar-refractivity contribution in [3.63, 3.8) is 0 Å². The topological polar surface area (TPSA) is 18.5 Å². The molecule has 1 saturated heterocycles. The van der Waals surface area contributed by atoms with E-state index >= 15 is 0 Å². The Balaban J connectivity index is 1.39. The van der Waals surface area contributed by atoms with E-state index in [1.165, 1.54) is 71.1 Å². The Morgan fingerprint density at radius 1 is 1.06 bits per heavy atom. The summed E-state index contributed by atoms with van der Waals surface area (Å²) in [6.45, 7) is 5.17. The fourth-order valence-electron chi connectivity index (χ4n) is 2.84. The molecule has 0 aromatic carbocycles. The second kappa shape index (κ2) is 7.46. The van der Waals surface area contributed by atoms with Gasteiger partial charge in [0.25, 0.3) is 0 Å². The number of likely N-dealkylation sites (N-methyl/N-ethyl adjacent to an activating group) is 1. The lowest BCUT2D eigenvalue weighted by Crippen LogP contribution is -2.31. The largest absolute Gasteiger partial charge is 0.314 e. The highest BCUT2D eigenvalue weighted by Gasteiger charge is 2.23. The molecule has 0 radical (unpaired) electrons. The monoisotopic (exact) mass is 253 g/mol. The SMILES string of the molecule is CN(C)C1CCN(CCCCCCNC2CC2)C1. The minimum absolute atomic E-state index is 0.799. The lowest BCUT2D eigenvalue weighted by atomic mass is 10.2. The van der Waals surface area contributed by atoms with Crippen LogP contribution in [0.3, 0.4) is 0 Å². The molecule has 1 saturated carbocycles. The Bertz CT molecular complexity index is 226. The zero-order valence-electron chi connectivity index (χ0n) is 12.3. The summed E-state index contributed by atoms with van der Waals surface area (Å²) >= 11 is 0. The summed E-state index contributed by atoms with van der Waals surface area (Å²) in [5.41, 5.74) is 0. The van der Waals surface area contributed by atoms with Crippen molar-refractivity contribution < 1.29 is 0 Å². The van der Waals surface area contributed by atoms with Crippen LogP contribution in [-0.2, 0) is 0 Å². The van der Waals surface area contributed by atoms with E-state index in [0.717, 1.165) is 12.1 Å². The van der Waals surface area contributed by atoms with Crippen molar-refractivity contribution in [3.05, 3.63) is 0 Å². The smallest absolute Gasteiger partial charge is 0.0229 e. The molecule has 2 rings (SSSR count). The van der Waals surface area contributed by atoms with Crippen LogP contribution < -0.4 is 5.32 Å². The minimum Gasteiger partial charge on any atom is -0.314 e. The summed E-state index contributed by atoms with van der Waals surface area (Å²) in [4.78, 5) is 5.02. The third-order valence-electron chi connectivity index (χ3n) is 4.39. The number of hydrogen-bond donors (Lipinski definition) is 1. The number of unbranched alkanes of at least 4 members (excludes halogenated alkanes) is 3. The molecule has 3 heteroatoms. The zero-order valence-corrected chi connectivity index (χ0v) is 12.3. The molecule has 1 aliphatic heterocycles. The fraction of sp³-hybridized carbons (Fsp3) is 1.00. The quantitative estimate of drug-likeness (QED) is 0.634. The van der Waals surface area contributed by atoms with Crippen LogP contribution in [0.1, 0.15) is 44.9 Å². The molecule has 1 atom stereocenters. The zero-order chi connectivity index (χ0) is 12.8. The van der Waals surface area contributed by atoms with Crippen molar-refractivity contribution in [2.24, 2.45) is 0 Å². The Morgan fingerprint density at radius 3 is 2.50 bits per heavy atom. The molecule has 0 amide bonds. The average molecular weight is 253 g/mol. The van der Waals surface area contributed by atoms with Crippen molar-refractivity contribution in [1.82, 2.24) is 15.1 Å². The predicted octanol–water partition coefficient (Wildman–Crippen LogP) is 1.93. The van der Waals surface area contributed by atoms with Gasteiger partial charge in [-0.15, -0.1) is 0 Å². The first kappa shape index (κ1) is 14.3. The molecule has 0 bridgehead atoms. The van der Waals surface area contributed by atoms with Crippen LogP contribution in [0.4, 0.5) is 0 Å². The Labute approximate surface area is 113 Å². The summed E-state index contributed by atoms with van der Waals surface area (Å²) < 4.78 is 0. The third-order valence-corrected chi connectivity index (χ3v) is 4.39. The van der Waals surface area contributed by atoms with Gasteiger partial charge in [-0.3, -0.25) is 0 Å². The van der Waals surface area contributed by atoms with E-state index < -0.39 is 0 Å². The molecule has 2 aliphatic rings.